The second-order valence-electron chi connectivity index (χ2n) is 3.47. The van der Waals surface area contributed by atoms with Crippen molar-refractivity contribution >= 4 is 44.3 Å². The average molecular weight is 385 g/mol. The minimum Gasteiger partial charge on any atom is -0.299 e. The van der Waals surface area contributed by atoms with Crippen LogP contribution in [0.25, 0.3) is 0 Å². The Morgan fingerprint density at radius 1 is 1.53 bits per heavy atom. The molecule has 1 aromatic rings. The monoisotopic (exact) mass is 384 g/mol. The number of Topliss-reactive ketones (excluding diaryl/α,β-unsaturated/α-hetero) is 1. The summed E-state index contributed by atoms with van der Waals surface area (Å²) in [5, 5.41) is 0. The number of rotatable bonds is 3. The van der Waals surface area contributed by atoms with Crippen LogP contribution in [0.2, 0.25) is 0 Å². The van der Waals surface area contributed by atoms with Crippen molar-refractivity contribution in [2.75, 3.05) is 0 Å². The zero-order chi connectivity index (χ0) is 11.6. The van der Waals surface area contributed by atoms with Gasteiger partial charge in [-0.3, -0.25) is 4.79 Å². The molecule has 2 atom stereocenters. The topological polar surface area (TPSA) is 17.1 Å². The lowest BCUT2D eigenvalue weighted by Gasteiger charge is -2.17. The maximum absolute atomic E-state index is 12.9. The van der Waals surface area contributed by atoms with Crippen molar-refractivity contribution < 1.29 is 9.18 Å². The van der Waals surface area contributed by atoms with E-state index in [4.69, 9.17) is 0 Å². The van der Waals surface area contributed by atoms with Crippen LogP contribution < -0.4 is 0 Å². The summed E-state index contributed by atoms with van der Waals surface area (Å²) < 4.78 is 13.7. The fourth-order valence-electron chi connectivity index (χ4n) is 1.38. The van der Waals surface area contributed by atoms with E-state index in [1.54, 1.807) is 13.0 Å². The molecule has 15 heavy (non-hydrogen) atoms. The molecule has 0 saturated carbocycles. The van der Waals surface area contributed by atoms with E-state index in [2.05, 4.69) is 38.5 Å². The Labute approximate surface area is 111 Å². The van der Waals surface area contributed by atoms with Gasteiger partial charge < -0.3 is 0 Å². The van der Waals surface area contributed by atoms with Gasteiger partial charge in [0.25, 0.3) is 0 Å². The standard InChI is InChI=1S/C11H11BrFIO/c1-6(11(12)7(2)15)9-4-3-8(13)5-10(9)14/h3-6,11H,1-2H3. The quantitative estimate of drug-likeness (QED) is 0.570. The summed E-state index contributed by atoms with van der Waals surface area (Å²) >= 11 is 5.44. The van der Waals surface area contributed by atoms with Gasteiger partial charge in [-0.1, -0.05) is 28.9 Å². The number of carbonyl (C=O) groups excluding carboxylic acids is 1. The van der Waals surface area contributed by atoms with Gasteiger partial charge in [0.1, 0.15) is 11.6 Å². The minimum absolute atomic E-state index is 0.0509. The van der Waals surface area contributed by atoms with Crippen LogP contribution in [0.5, 0.6) is 0 Å². The number of hydrogen-bond acceptors (Lipinski definition) is 1. The van der Waals surface area contributed by atoms with Crippen LogP contribution in [0, 0.1) is 9.39 Å². The van der Waals surface area contributed by atoms with Gasteiger partial charge in [0.05, 0.1) is 4.83 Å². The lowest BCUT2D eigenvalue weighted by molar-refractivity contribution is -0.116. The Morgan fingerprint density at radius 3 is 2.60 bits per heavy atom. The molecule has 0 aliphatic rings. The van der Waals surface area contributed by atoms with Gasteiger partial charge in [0.2, 0.25) is 0 Å². The highest BCUT2D eigenvalue weighted by atomic mass is 127. The molecule has 0 saturated heterocycles. The molecule has 0 bridgehead atoms. The first kappa shape index (κ1) is 13.1. The zero-order valence-electron chi connectivity index (χ0n) is 8.43. The summed E-state index contributed by atoms with van der Waals surface area (Å²) in [7, 11) is 0. The third-order valence-corrected chi connectivity index (χ3v) is 4.65. The van der Waals surface area contributed by atoms with Crippen LogP contribution >= 0.6 is 38.5 Å². The van der Waals surface area contributed by atoms with E-state index < -0.39 is 0 Å². The molecular formula is C11H11BrFIO. The number of alkyl halides is 1. The number of ketones is 1. The molecule has 0 amide bonds. The normalized spacial score (nSPS) is 14.7. The van der Waals surface area contributed by atoms with Gasteiger partial charge in [0, 0.05) is 9.49 Å². The summed E-state index contributed by atoms with van der Waals surface area (Å²) in [6.07, 6.45) is 0. The van der Waals surface area contributed by atoms with Crippen molar-refractivity contribution in [1.82, 2.24) is 0 Å². The van der Waals surface area contributed by atoms with Crippen LogP contribution in [0.1, 0.15) is 25.3 Å². The third-order valence-electron chi connectivity index (χ3n) is 2.28. The Bertz CT molecular complexity index is 381. The highest BCUT2D eigenvalue weighted by molar-refractivity contribution is 14.1. The number of hydrogen-bond donors (Lipinski definition) is 0. The van der Waals surface area contributed by atoms with Crippen molar-refractivity contribution in [3.05, 3.63) is 33.1 Å². The largest absolute Gasteiger partial charge is 0.299 e. The Balaban J connectivity index is 3.01. The van der Waals surface area contributed by atoms with E-state index in [0.717, 1.165) is 9.13 Å². The third kappa shape index (κ3) is 3.24. The van der Waals surface area contributed by atoms with Crippen LogP contribution in [0.4, 0.5) is 4.39 Å². The van der Waals surface area contributed by atoms with Crippen LogP contribution in [0.3, 0.4) is 0 Å². The minimum atomic E-state index is -0.246. The van der Waals surface area contributed by atoms with E-state index in [1.165, 1.54) is 12.1 Å². The van der Waals surface area contributed by atoms with Crippen LogP contribution in [0.15, 0.2) is 18.2 Å². The lowest BCUT2D eigenvalue weighted by Crippen LogP contribution is -2.18. The van der Waals surface area contributed by atoms with Gasteiger partial charge in [-0.15, -0.1) is 0 Å². The van der Waals surface area contributed by atoms with Gasteiger partial charge in [-0.05, 0) is 47.2 Å². The van der Waals surface area contributed by atoms with Gasteiger partial charge in [-0.25, -0.2) is 4.39 Å². The maximum atomic E-state index is 12.9. The zero-order valence-corrected chi connectivity index (χ0v) is 12.2. The first-order valence-electron chi connectivity index (χ1n) is 4.53. The SMILES string of the molecule is CC(=O)C(Br)C(C)c1ccc(F)cc1I. The number of benzene rings is 1. The molecule has 1 nitrogen and oxygen atoms in total. The predicted molar refractivity (Wildman–Crippen MR) is 70.9 cm³/mol. The highest BCUT2D eigenvalue weighted by Gasteiger charge is 2.21. The molecule has 0 N–H and O–H groups in total. The van der Waals surface area contributed by atoms with E-state index >= 15 is 0 Å². The second-order valence-corrected chi connectivity index (χ2v) is 5.62. The van der Waals surface area contributed by atoms with Crippen molar-refractivity contribution in [3.8, 4) is 0 Å². The molecule has 0 aliphatic heterocycles. The molecule has 82 valence electrons. The summed E-state index contributed by atoms with van der Waals surface area (Å²) in [6, 6.07) is 4.64. The van der Waals surface area contributed by atoms with Gasteiger partial charge in [0.15, 0.2) is 0 Å². The van der Waals surface area contributed by atoms with Crippen LogP contribution in [-0.4, -0.2) is 10.6 Å². The summed E-state index contributed by atoms with van der Waals surface area (Å²) in [5.74, 6) is -0.109. The molecule has 0 spiro atoms. The van der Waals surface area contributed by atoms with Gasteiger partial charge in [-0.2, -0.15) is 0 Å². The first-order valence-corrected chi connectivity index (χ1v) is 6.52. The summed E-state index contributed by atoms with van der Waals surface area (Å²) in [4.78, 5) is 11.0. The second kappa shape index (κ2) is 5.39. The fourth-order valence-corrected chi connectivity index (χ4v) is 2.63. The molecule has 0 aromatic heterocycles. The Kier molecular flexibility index (Phi) is 4.70. The summed E-state index contributed by atoms with van der Waals surface area (Å²) in [5.41, 5.74) is 0.995. The van der Waals surface area contributed by atoms with Crippen LogP contribution in [-0.2, 0) is 4.79 Å². The fraction of sp³-hybridized carbons (Fsp3) is 0.364. The molecule has 0 fully saturated rings. The molecule has 0 radical (unpaired) electrons. The van der Waals surface area contributed by atoms with Crippen molar-refractivity contribution in [2.24, 2.45) is 0 Å². The average Bonchev–Trinajstić information content (AvgIpc) is 2.15. The molecule has 4 heteroatoms. The predicted octanol–water partition coefficient (Wildman–Crippen LogP) is 3.89. The van der Waals surface area contributed by atoms with Crippen molar-refractivity contribution in [2.45, 2.75) is 24.6 Å². The Morgan fingerprint density at radius 2 is 2.13 bits per heavy atom. The van der Waals surface area contributed by atoms with E-state index in [9.17, 15) is 9.18 Å². The maximum Gasteiger partial charge on any atom is 0.144 e. The molecule has 2 unspecified atom stereocenters. The molecular weight excluding hydrogens is 374 g/mol. The number of halogens is 3. The lowest BCUT2D eigenvalue weighted by atomic mass is 9.96. The molecule has 0 heterocycles. The van der Waals surface area contributed by atoms with Crippen molar-refractivity contribution in [1.29, 1.82) is 0 Å². The van der Waals surface area contributed by atoms with E-state index in [0.29, 0.717) is 0 Å². The smallest absolute Gasteiger partial charge is 0.144 e. The molecule has 0 aliphatic carbocycles. The van der Waals surface area contributed by atoms with Crippen molar-refractivity contribution in [3.63, 3.8) is 0 Å². The molecule has 1 aromatic carbocycles. The first-order chi connectivity index (χ1) is 6.93. The van der Waals surface area contributed by atoms with Gasteiger partial charge >= 0.3 is 0 Å². The summed E-state index contributed by atoms with van der Waals surface area (Å²) in [6.45, 7) is 3.50. The Hall–Kier alpha value is 0.0300. The van der Waals surface area contributed by atoms with E-state index in [1.807, 2.05) is 6.92 Å². The molecule has 1 rings (SSSR count). The number of carbonyl (C=O) groups is 1. The highest BCUT2D eigenvalue weighted by Crippen LogP contribution is 2.29. The van der Waals surface area contributed by atoms with E-state index in [-0.39, 0.29) is 22.3 Å².